The van der Waals surface area contributed by atoms with Gasteiger partial charge in [0.05, 0.1) is 17.2 Å². The van der Waals surface area contributed by atoms with E-state index >= 15 is 0 Å². The third-order valence-electron chi connectivity index (χ3n) is 5.79. The Kier molecular flexibility index (Phi) is 14.3. The summed E-state index contributed by atoms with van der Waals surface area (Å²) in [5.74, 6) is 1.77. The second-order valence-electron chi connectivity index (χ2n) is 9.00. The molecule has 34 heavy (non-hydrogen) atoms. The number of carbonyl (C=O) groups is 1. The molecule has 0 radical (unpaired) electrons. The van der Waals surface area contributed by atoms with E-state index in [1.807, 2.05) is 0 Å². The highest BCUT2D eigenvalue weighted by Crippen LogP contribution is 2.33. The number of amides is 1. The third kappa shape index (κ3) is 12.1. The van der Waals surface area contributed by atoms with Gasteiger partial charge in [-0.1, -0.05) is 64.7 Å². The predicted molar refractivity (Wildman–Crippen MR) is 134 cm³/mol. The van der Waals surface area contributed by atoms with Crippen LogP contribution in [0.2, 0.25) is 0 Å². The van der Waals surface area contributed by atoms with Crippen molar-refractivity contribution in [1.29, 1.82) is 5.26 Å². The number of alkyl halides is 3. The van der Waals surface area contributed by atoms with E-state index in [9.17, 15) is 23.1 Å². The van der Waals surface area contributed by atoms with Crippen LogP contribution in [0.4, 0.5) is 18.9 Å². The van der Waals surface area contributed by atoms with Gasteiger partial charge in [-0.05, 0) is 55.9 Å². The quantitative estimate of drug-likeness (QED) is 0.215. The number of nitrogens with zero attached hydrogens (tertiary/aromatic N) is 1. The Morgan fingerprint density at radius 1 is 1.00 bits per heavy atom. The van der Waals surface area contributed by atoms with Gasteiger partial charge in [-0.15, -0.1) is 0 Å². The second-order valence-corrected chi connectivity index (χ2v) is 10.2. The SMILES string of the molecule is CCCCCSCCCCCCCCCCC(C)(O)C(=O)Nc1ccc(C#N)c(C(F)(F)F)c1. The van der Waals surface area contributed by atoms with E-state index in [1.54, 1.807) is 0 Å². The lowest BCUT2D eigenvalue weighted by Gasteiger charge is -2.22. The van der Waals surface area contributed by atoms with E-state index < -0.39 is 28.8 Å². The zero-order valence-electron chi connectivity index (χ0n) is 20.5. The molecule has 1 rings (SSSR count). The van der Waals surface area contributed by atoms with Crippen molar-refractivity contribution in [2.45, 2.75) is 103 Å². The van der Waals surface area contributed by atoms with E-state index in [0.29, 0.717) is 6.42 Å². The Bertz CT molecular complexity index is 776. The molecule has 0 fully saturated rings. The van der Waals surface area contributed by atoms with Crippen LogP contribution in [0.15, 0.2) is 18.2 Å². The first-order chi connectivity index (χ1) is 16.1. The zero-order chi connectivity index (χ0) is 25.5. The highest BCUT2D eigenvalue weighted by Gasteiger charge is 2.35. The van der Waals surface area contributed by atoms with E-state index in [4.69, 9.17) is 5.26 Å². The minimum absolute atomic E-state index is 0.101. The van der Waals surface area contributed by atoms with Gasteiger partial charge < -0.3 is 10.4 Å². The molecule has 0 bridgehead atoms. The molecule has 0 saturated carbocycles. The summed E-state index contributed by atoms with van der Waals surface area (Å²) in [7, 11) is 0. The molecule has 8 heteroatoms. The van der Waals surface area contributed by atoms with Gasteiger partial charge in [0.1, 0.15) is 5.60 Å². The molecule has 192 valence electrons. The molecule has 0 saturated heterocycles. The molecular weight excluding hydrogens is 461 g/mol. The van der Waals surface area contributed by atoms with Gasteiger partial charge >= 0.3 is 6.18 Å². The Balaban J connectivity index is 2.24. The van der Waals surface area contributed by atoms with Crippen molar-refractivity contribution in [1.82, 2.24) is 0 Å². The van der Waals surface area contributed by atoms with Crippen LogP contribution < -0.4 is 5.32 Å². The highest BCUT2D eigenvalue weighted by molar-refractivity contribution is 7.99. The second kappa shape index (κ2) is 16.0. The van der Waals surface area contributed by atoms with Crippen LogP contribution in [0, 0.1) is 11.3 Å². The largest absolute Gasteiger partial charge is 0.417 e. The topological polar surface area (TPSA) is 73.1 Å². The molecular formula is C26H39F3N2O2S. The molecule has 1 atom stereocenters. The predicted octanol–water partition coefficient (Wildman–Crippen LogP) is 7.70. The normalized spacial score (nSPS) is 13.3. The number of hydrogen-bond donors (Lipinski definition) is 2. The average Bonchev–Trinajstić information content (AvgIpc) is 2.78. The number of halogens is 3. The van der Waals surface area contributed by atoms with Gasteiger partial charge in [-0.25, -0.2) is 0 Å². The van der Waals surface area contributed by atoms with E-state index in [0.717, 1.165) is 31.4 Å². The Morgan fingerprint density at radius 3 is 2.12 bits per heavy atom. The van der Waals surface area contributed by atoms with Gasteiger partial charge in [-0.2, -0.15) is 30.2 Å². The molecule has 0 aromatic heterocycles. The lowest BCUT2D eigenvalue weighted by atomic mass is 9.96. The number of benzene rings is 1. The lowest BCUT2D eigenvalue weighted by Crippen LogP contribution is -2.40. The number of unbranched alkanes of at least 4 members (excludes halogenated alkanes) is 9. The Labute approximate surface area is 206 Å². The van der Waals surface area contributed by atoms with Gasteiger partial charge in [0.15, 0.2) is 0 Å². The number of thioether (sulfide) groups is 1. The van der Waals surface area contributed by atoms with Crippen molar-refractivity contribution < 1.29 is 23.1 Å². The minimum atomic E-state index is -4.71. The molecule has 1 aromatic carbocycles. The van der Waals surface area contributed by atoms with Crippen LogP contribution in [0.25, 0.3) is 0 Å². The van der Waals surface area contributed by atoms with Crippen molar-refractivity contribution in [2.75, 3.05) is 16.8 Å². The van der Waals surface area contributed by atoms with Crippen LogP contribution in [-0.4, -0.2) is 28.1 Å². The Morgan fingerprint density at radius 2 is 1.56 bits per heavy atom. The van der Waals surface area contributed by atoms with Crippen molar-refractivity contribution in [3.05, 3.63) is 29.3 Å². The molecule has 0 aliphatic rings. The molecule has 0 aliphatic carbocycles. The fourth-order valence-corrected chi connectivity index (χ4v) is 4.64. The van der Waals surface area contributed by atoms with E-state index in [2.05, 4.69) is 24.0 Å². The fraction of sp³-hybridized carbons (Fsp3) is 0.692. The van der Waals surface area contributed by atoms with Crippen LogP contribution in [-0.2, 0) is 11.0 Å². The fourth-order valence-electron chi connectivity index (χ4n) is 3.62. The molecule has 0 heterocycles. The lowest BCUT2D eigenvalue weighted by molar-refractivity contribution is -0.138. The van der Waals surface area contributed by atoms with Crippen molar-refractivity contribution in [3.63, 3.8) is 0 Å². The van der Waals surface area contributed by atoms with Gasteiger partial charge in [0.2, 0.25) is 0 Å². The number of anilines is 1. The summed E-state index contributed by atoms with van der Waals surface area (Å²) in [5, 5.41) is 21.7. The molecule has 1 amide bonds. The van der Waals surface area contributed by atoms with E-state index in [-0.39, 0.29) is 12.1 Å². The molecule has 1 unspecified atom stereocenters. The number of carbonyl (C=O) groups excluding carboxylic acids is 1. The summed E-state index contributed by atoms with van der Waals surface area (Å²) in [6.07, 6.45) is 8.14. The van der Waals surface area contributed by atoms with Gasteiger partial charge in [0.25, 0.3) is 5.91 Å². The molecule has 2 N–H and O–H groups in total. The molecule has 0 spiro atoms. The number of hydrogen-bond acceptors (Lipinski definition) is 4. The summed E-state index contributed by atoms with van der Waals surface area (Å²) in [6.45, 7) is 3.60. The minimum Gasteiger partial charge on any atom is -0.380 e. The maximum Gasteiger partial charge on any atom is 0.417 e. The first-order valence-corrected chi connectivity index (χ1v) is 13.5. The van der Waals surface area contributed by atoms with Gasteiger partial charge in [0, 0.05) is 5.69 Å². The highest BCUT2D eigenvalue weighted by atomic mass is 32.2. The zero-order valence-corrected chi connectivity index (χ0v) is 21.3. The first-order valence-electron chi connectivity index (χ1n) is 12.3. The summed E-state index contributed by atoms with van der Waals surface area (Å²) in [5.41, 5.74) is -3.41. The van der Waals surface area contributed by atoms with Crippen molar-refractivity contribution in [2.24, 2.45) is 0 Å². The first kappa shape index (κ1) is 30.3. The summed E-state index contributed by atoms with van der Waals surface area (Å²) >= 11 is 2.06. The van der Waals surface area contributed by atoms with Crippen molar-refractivity contribution >= 4 is 23.4 Å². The monoisotopic (exact) mass is 500 g/mol. The summed E-state index contributed by atoms with van der Waals surface area (Å²) in [4.78, 5) is 12.4. The van der Waals surface area contributed by atoms with Crippen LogP contribution in [0.5, 0.6) is 0 Å². The van der Waals surface area contributed by atoms with Gasteiger partial charge in [-0.3, -0.25) is 4.79 Å². The van der Waals surface area contributed by atoms with Crippen LogP contribution in [0.1, 0.15) is 102 Å². The number of rotatable bonds is 17. The van der Waals surface area contributed by atoms with Crippen molar-refractivity contribution in [3.8, 4) is 6.07 Å². The maximum atomic E-state index is 13.1. The smallest absolute Gasteiger partial charge is 0.380 e. The molecule has 4 nitrogen and oxygen atoms in total. The van der Waals surface area contributed by atoms with E-state index in [1.165, 1.54) is 75.5 Å². The van der Waals surface area contributed by atoms with Crippen LogP contribution >= 0.6 is 11.8 Å². The standard InChI is InChI=1S/C26H39F3N2O2S/c1-3-4-12-17-34-18-13-10-8-6-5-7-9-11-16-25(2,33)24(32)31-22-15-14-21(20-30)23(19-22)26(27,28)29/h14-15,19,33H,3-13,16-18H2,1-2H3,(H,31,32). The van der Waals surface area contributed by atoms with Crippen LogP contribution in [0.3, 0.4) is 0 Å². The molecule has 1 aromatic rings. The summed E-state index contributed by atoms with van der Waals surface area (Å²) in [6, 6.07) is 4.46. The molecule has 0 aliphatic heterocycles. The number of nitrogens with one attached hydrogen (secondary N) is 1. The summed E-state index contributed by atoms with van der Waals surface area (Å²) < 4.78 is 39.3. The number of nitriles is 1. The Hall–Kier alpha value is -1.72. The number of aliphatic hydroxyl groups is 1. The third-order valence-corrected chi connectivity index (χ3v) is 6.94. The average molecular weight is 501 g/mol. The maximum absolute atomic E-state index is 13.1.